The quantitative estimate of drug-likeness (QED) is 0.232. The lowest BCUT2D eigenvalue weighted by molar-refractivity contribution is -0.0260. The molecule has 188 valence electrons. The molecule has 3 rings (SSSR count). The van der Waals surface area contributed by atoms with Crippen LogP contribution in [-0.2, 0) is 15.9 Å². The molecule has 1 aliphatic carbocycles. The van der Waals surface area contributed by atoms with Gasteiger partial charge in [-0.2, -0.15) is 5.26 Å². The molecule has 0 radical (unpaired) electrons. The summed E-state index contributed by atoms with van der Waals surface area (Å²) in [5.74, 6) is 1.08. The zero-order valence-corrected chi connectivity index (χ0v) is 21.3. The fraction of sp³-hybridized carbons (Fsp3) is 0.586. The summed E-state index contributed by atoms with van der Waals surface area (Å²) in [6, 6.07) is 10.6. The molecule has 0 unspecified atom stereocenters. The minimum atomic E-state index is -1.08. The number of benzene rings is 1. The van der Waals surface area contributed by atoms with E-state index in [1.807, 2.05) is 19.3 Å². The highest BCUT2D eigenvalue weighted by Gasteiger charge is 2.40. The maximum absolute atomic E-state index is 12.0. The first-order chi connectivity index (χ1) is 17.1. The minimum absolute atomic E-state index is 0.331. The molecule has 1 heterocycles. The van der Waals surface area contributed by atoms with Crippen LogP contribution in [0.5, 0.6) is 0 Å². The number of aromatic nitrogens is 2. The van der Waals surface area contributed by atoms with Crippen molar-refractivity contribution < 1.29 is 14.3 Å². The Morgan fingerprint density at radius 3 is 2.29 bits per heavy atom. The molecule has 0 aliphatic heterocycles. The van der Waals surface area contributed by atoms with Crippen LogP contribution in [0.2, 0.25) is 0 Å². The third kappa shape index (κ3) is 8.06. The molecule has 2 aromatic rings. The lowest BCUT2D eigenvalue weighted by atomic mass is 9.76. The number of hydrogen-bond acceptors (Lipinski definition) is 6. The summed E-state index contributed by atoms with van der Waals surface area (Å²) in [5.41, 5.74) is 2.35. The van der Waals surface area contributed by atoms with Crippen LogP contribution in [0.15, 0.2) is 36.7 Å². The van der Waals surface area contributed by atoms with Crippen molar-refractivity contribution in [1.29, 1.82) is 5.26 Å². The first-order valence-corrected chi connectivity index (χ1v) is 13.3. The van der Waals surface area contributed by atoms with Crippen molar-refractivity contribution in [1.82, 2.24) is 9.97 Å². The standard InChI is InChI=1S/C29H39N3O3/c1-3-5-7-8-9-10-23-20-31-27(32-21-23)26-13-11-24(12-14-26)25-15-17-29(22-30,18-16-25)35-28(33)34-19-6-4-2/h11-14,20-21,25H,3-10,15-19H2,1-2H3. The molecule has 0 bridgehead atoms. The highest BCUT2D eigenvalue weighted by Crippen LogP contribution is 2.40. The molecule has 1 aliphatic rings. The molecule has 0 N–H and O–H groups in total. The maximum atomic E-state index is 12.0. The average Bonchev–Trinajstić information content (AvgIpc) is 2.90. The Kier molecular flexibility index (Phi) is 10.5. The summed E-state index contributed by atoms with van der Waals surface area (Å²) in [6.07, 6.45) is 14.9. The van der Waals surface area contributed by atoms with Crippen molar-refractivity contribution >= 4 is 6.16 Å². The van der Waals surface area contributed by atoms with Crippen LogP contribution in [0.3, 0.4) is 0 Å². The topological polar surface area (TPSA) is 85.1 Å². The monoisotopic (exact) mass is 477 g/mol. The number of carbonyl (C=O) groups is 1. The number of hydrogen-bond donors (Lipinski definition) is 0. The summed E-state index contributed by atoms with van der Waals surface area (Å²) < 4.78 is 10.5. The van der Waals surface area contributed by atoms with Crippen molar-refractivity contribution in [3.05, 3.63) is 47.8 Å². The van der Waals surface area contributed by atoms with E-state index in [4.69, 9.17) is 9.47 Å². The molecule has 6 heteroatoms. The second kappa shape index (κ2) is 13.8. The number of unbranched alkanes of at least 4 members (excludes halogenated alkanes) is 5. The molecule has 1 saturated carbocycles. The molecule has 35 heavy (non-hydrogen) atoms. The predicted molar refractivity (Wildman–Crippen MR) is 137 cm³/mol. The van der Waals surface area contributed by atoms with Crippen LogP contribution >= 0.6 is 0 Å². The Balaban J connectivity index is 1.50. The zero-order valence-electron chi connectivity index (χ0n) is 21.3. The highest BCUT2D eigenvalue weighted by atomic mass is 16.7. The van der Waals surface area contributed by atoms with E-state index in [0.29, 0.717) is 25.4 Å². The molecular weight excluding hydrogens is 438 g/mol. The first-order valence-electron chi connectivity index (χ1n) is 13.3. The number of rotatable bonds is 12. The molecule has 0 atom stereocenters. The van der Waals surface area contributed by atoms with Gasteiger partial charge in [0, 0.05) is 30.8 Å². The van der Waals surface area contributed by atoms with E-state index >= 15 is 0 Å². The molecular formula is C29H39N3O3. The molecule has 0 amide bonds. The fourth-order valence-corrected chi connectivity index (χ4v) is 4.61. The van der Waals surface area contributed by atoms with Crippen LogP contribution in [-0.4, -0.2) is 28.3 Å². The van der Waals surface area contributed by atoms with Gasteiger partial charge in [0.15, 0.2) is 5.82 Å². The Hall–Kier alpha value is -2.94. The van der Waals surface area contributed by atoms with E-state index in [-0.39, 0.29) is 0 Å². The SMILES string of the molecule is CCCCCCCc1cnc(-c2ccc(C3CCC(C#N)(OC(=O)OCCCC)CC3)cc2)nc1. The molecule has 1 aromatic carbocycles. The number of carbonyl (C=O) groups excluding carboxylic acids is 1. The van der Waals surface area contributed by atoms with Gasteiger partial charge in [0.25, 0.3) is 0 Å². The molecule has 1 fully saturated rings. The Morgan fingerprint density at radius 2 is 1.66 bits per heavy atom. The van der Waals surface area contributed by atoms with Crippen LogP contribution < -0.4 is 0 Å². The smallest absolute Gasteiger partial charge is 0.434 e. The van der Waals surface area contributed by atoms with Gasteiger partial charge < -0.3 is 9.47 Å². The normalized spacial score (nSPS) is 19.6. The van der Waals surface area contributed by atoms with Gasteiger partial charge in [-0.3, -0.25) is 0 Å². The largest absolute Gasteiger partial charge is 0.509 e. The number of ether oxygens (including phenoxy) is 2. The molecule has 0 spiro atoms. The maximum Gasteiger partial charge on any atom is 0.509 e. The van der Waals surface area contributed by atoms with Crippen LogP contribution in [0.1, 0.15) is 102 Å². The third-order valence-electron chi connectivity index (χ3n) is 6.91. The van der Waals surface area contributed by atoms with Gasteiger partial charge in [0.1, 0.15) is 6.07 Å². The van der Waals surface area contributed by atoms with Crippen molar-refractivity contribution in [3.63, 3.8) is 0 Å². The van der Waals surface area contributed by atoms with Gasteiger partial charge >= 0.3 is 6.16 Å². The van der Waals surface area contributed by atoms with Crippen LogP contribution in [0.25, 0.3) is 11.4 Å². The van der Waals surface area contributed by atoms with Gasteiger partial charge in [0.2, 0.25) is 5.60 Å². The van der Waals surface area contributed by atoms with E-state index in [0.717, 1.165) is 43.5 Å². The van der Waals surface area contributed by atoms with E-state index in [2.05, 4.69) is 47.2 Å². The summed E-state index contributed by atoms with van der Waals surface area (Å²) in [5, 5.41) is 9.69. The van der Waals surface area contributed by atoms with Crippen molar-refractivity contribution in [2.24, 2.45) is 0 Å². The predicted octanol–water partition coefficient (Wildman–Crippen LogP) is 7.53. The molecule has 0 saturated heterocycles. The summed E-state index contributed by atoms with van der Waals surface area (Å²) >= 11 is 0. The molecule has 6 nitrogen and oxygen atoms in total. The van der Waals surface area contributed by atoms with E-state index < -0.39 is 11.8 Å². The molecule has 1 aromatic heterocycles. The third-order valence-corrected chi connectivity index (χ3v) is 6.91. The van der Waals surface area contributed by atoms with Gasteiger partial charge in [0.05, 0.1) is 6.61 Å². The second-order valence-corrected chi connectivity index (χ2v) is 9.64. The lowest BCUT2D eigenvalue weighted by Crippen LogP contribution is -2.37. The fourth-order valence-electron chi connectivity index (χ4n) is 4.61. The summed E-state index contributed by atoms with van der Waals surface area (Å²) in [7, 11) is 0. The number of aryl methyl sites for hydroxylation is 1. The van der Waals surface area contributed by atoms with Gasteiger partial charge in [-0.1, -0.05) is 70.2 Å². The highest BCUT2D eigenvalue weighted by molar-refractivity contribution is 5.61. The lowest BCUT2D eigenvalue weighted by Gasteiger charge is -2.34. The zero-order chi connectivity index (χ0) is 24.9. The minimum Gasteiger partial charge on any atom is -0.434 e. The number of nitrogens with zero attached hydrogens (tertiary/aromatic N) is 3. The van der Waals surface area contributed by atoms with Gasteiger partial charge in [-0.15, -0.1) is 0 Å². The summed E-state index contributed by atoms with van der Waals surface area (Å²) in [6.45, 7) is 4.59. The van der Waals surface area contributed by atoms with E-state index in [1.165, 1.54) is 43.2 Å². The van der Waals surface area contributed by atoms with E-state index in [9.17, 15) is 10.1 Å². The van der Waals surface area contributed by atoms with Gasteiger partial charge in [-0.25, -0.2) is 14.8 Å². The Morgan fingerprint density at radius 1 is 1.00 bits per heavy atom. The van der Waals surface area contributed by atoms with Gasteiger partial charge in [-0.05, 0) is 49.1 Å². The first kappa shape index (κ1) is 26.7. The second-order valence-electron chi connectivity index (χ2n) is 9.64. The summed E-state index contributed by atoms with van der Waals surface area (Å²) in [4.78, 5) is 21.1. The average molecular weight is 478 g/mol. The Labute approximate surface area is 210 Å². The van der Waals surface area contributed by atoms with Crippen molar-refractivity contribution in [3.8, 4) is 17.5 Å². The van der Waals surface area contributed by atoms with Crippen LogP contribution in [0.4, 0.5) is 4.79 Å². The van der Waals surface area contributed by atoms with Crippen molar-refractivity contribution in [2.45, 2.75) is 102 Å². The number of nitriles is 1. The van der Waals surface area contributed by atoms with E-state index in [1.54, 1.807) is 0 Å². The van der Waals surface area contributed by atoms with Crippen molar-refractivity contribution in [2.75, 3.05) is 6.61 Å². The Bertz CT molecular complexity index is 943. The van der Waals surface area contributed by atoms with Crippen LogP contribution in [0, 0.1) is 11.3 Å².